The molecular formula is C24H27N3O5. The average molecular weight is 437 g/mol. The highest BCUT2D eigenvalue weighted by molar-refractivity contribution is 5.82. The van der Waals surface area contributed by atoms with Gasteiger partial charge in [-0.2, -0.15) is 0 Å². The van der Waals surface area contributed by atoms with E-state index in [4.69, 9.17) is 9.47 Å². The lowest BCUT2D eigenvalue weighted by atomic mass is 9.83. The molecule has 0 saturated heterocycles. The smallest absolute Gasteiger partial charge is 0.333 e. The number of hydrogen-bond donors (Lipinski definition) is 1. The summed E-state index contributed by atoms with van der Waals surface area (Å²) in [5, 5.41) is 19.5. The number of hydrogen-bond acceptors (Lipinski definition) is 7. The largest absolute Gasteiger partial charge is 0.505 e. The first kappa shape index (κ1) is 23.0. The number of ether oxygens (including phenoxy) is 2. The first-order chi connectivity index (χ1) is 15.0. The highest BCUT2D eigenvalue weighted by Crippen LogP contribution is 2.38. The van der Waals surface area contributed by atoms with E-state index >= 15 is 0 Å². The van der Waals surface area contributed by atoms with Crippen LogP contribution in [0.4, 0.5) is 0 Å². The summed E-state index contributed by atoms with van der Waals surface area (Å²) in [6, 6.07) is 10.9. The Morgan fingerprint density at radius 2 is 1.84 bits per heavy atom. The molecule has 1 aromatic heterocycles. The Hall–Kier alpha value is -3.68. The molecule has 2 unspecified atom stereocenters. The van der Waals surface area contributed by atoms with Crippen LogP contribution < -0.4 is 0 Å². The third kappa shape index (κ3) is 4.64. The van der Waals surface area contributed by atoms with E-state index in [0.29, 0.717) is 22.3 Å². The summed E-state index contributed by atoms with van der Waals surface area (Å²) in [5.41, 5.74) is 2.67. The normalized spacial score (nSPS) is 13.4. The van der Waals surface area contributed by atoms with Gasteiger partial charge in [0.1, 0.15) is 17.0 Å². The Kier molecular flexibility index (Phi) is 6.34. The molecule has 32 heavy (non-hydrogen) atoms. The molecule has 1 heterocycles. The van der Waals surface area contributed by atoms with Crippen LogP contribution in [0.25, 0.3) is 16.7 Å². The first-order valence-corrected chi connectivity index (χ1v) is 10.2. The van der Waals surface area contributed by atoms with E-state index in [1.165, 1.54) is 6.92 Å². The van der Waals surface area contributed by atoms with Crippen molar-refractivity contribution in [2.75, 3.05) is 0 Å². The summed E-state index contributed by atoms with van der Waals surface area (Å²) in [6.07, 6.45) is -0.0636. The third-order valence-corrected chi connectivity index (χ3v) is 5.08. The molecule has 168 valence electrons. The predicted octanol–water partition coefficient (Wildman–Crippen LogP) is 4.15. The number of aromatic hydroxyl groups is 1. The second-order valence-electron chi connectivity index (χ2n) is 8.54. The maximum atomic E-state index is 12.7. The van der Waals surface area contributed by atoms with Gasteiger partial charge in [-0.25, -0.2) is 9.48 Å². The minimum atomic E-state index is -1.06. The van der Waals surface area contributed by atoms with Gasteiger partial charge in [-0.15, -0.1) is 5.10 Å². The number of benzene rings is 2. The molecule has 0 aliphatic rings. The van der Waals surface area contributed by atoms with Gasteiger partial charge in [0.2, 0.25) is 6.29 Å². The first-order valence-electron chi connectivity index (χ1n) is 10.2. The number of carbonyl (C=O) groups excluding carboxylic acids is 2. The summed E-state index contributed by atoms with van der Waals surface area (Å²) in [6.45, 7) is 12.4. The average Bonchev–Trinajstić information content (AvgIpc) is 3.16. The molecule has 0 spiro atoms. The van der Waals surface area contributed by atoms with Crippen molar-refractivity contribution in [2.24, 2.45) is 0 Å². The van der Waals surface area contributed by atoms with Crippen molar-refractivity contribution in [3.8, 4) is 11.4 Å². The Labute approximate surface area is 186 Å². The molecule has 8 heteroatoms. The van der Waals surface area contributed by atoms with Gasteiger partial charge in [0.15, 0.2) is 0 Å². The van der Waals surface area contributed by atoms with Crippen LogP contribution in [0.1, 0.15) is 51.7 Å². The fourth-order valence-electron chi connectivity index (χ4n) is 3.31. The lowest BCUT2D eigenvalue weighted by Gasteiger charge is -2.25. The fraction of sp³-hybridized carbons (Fsp3) is 0.333. The van der Waals surface area contributed by atoms with Crippen LogP contribution in [0.5, 0.6) is 5.75 Å². The number of phenolic OH excluding ortho intramolecular Hbond substituents is 1. The molecule has 3 aromatic rings. The van der Waals surface area contributed by atoms with Crippen molar-refractivity contribution in [3.05, 3.63) is 60.2 Å². The third-order valence-electron chi connectivity index (χ3n) is 5.08. The molecular weight excluding hydrogens is 410 g/mol. The maximum absolute atomic E-state index is 12.7. The zero-order valence-electron chi connectivity index (χ0n) is 18.8. The van der Waals surface area contributed by atoms with Crippen molar-refractivity contribution < 1.29 is 24.2 Å². The molecule has 0 saturated carbocycles. The number of nitrogens with zero attached hydrogens (tertiary/aromatic N) is 3. The standard InChI is InChI=1S/C24H27N3O5/c1-7-21(28)31-15(3)32-23(30)14(2)16-12-17(24(4,5)6)22(29)20(13-16)27-19-11-9-8-10-18(19)25-26-27/h7-15,29H,1H2,2-6H3. The summed E-state index contributed by atoms with van der Waals surface area (Å²) in [5.74, 6) is -1.90. The molecule has 0 fully saturated rings. The van der Waals surface area contributed by atoms with Crippen LogP contribution in [0.2, 0.25) is 0 Å². The molecule has 0 bridgehead atoms. The van der Waals surface area contributed by atoms with E-state index in [1.54, 1.807) is 23.7 Å². The van der Waals surface area contributed by atoms with Gasteiger partial charge in [-0.05, 0) is 36.1 Å². The topological polar surface area (TPSA) is 104 Å². The molecule has 0 radical (unpaired) electrons. The summed E-state index contributed by atoms with van der Waals surface area (Å²) in [4.78, 5) is 24.1. The second-order valence-corrected chi connectivity index (χ2v) is 8.54. The lowest BCUT2D eigenvalue weighted by molar-refractivity contribution is -0.181. The van der Waals surface area contributed by atoms with Crippen LogP contribution in [0, 0.1) is 0 Å². The van der Waals surface area contributed by atoms with Crippen molar-refractivity contribution >= 4 is 23.0 Å². The summed E-state index contributed by atoms with van der Waals surface area (Å²) in [7, 11) is 0. The number of phenols is 1. The fourth-order valence-corrected chi connectivity index (χ4v) is 3.31. The molecule has 0 amide bonds. The van der Waals surface area contributed by atoms with Gasteiger partial charge >= 0.3 is 11.9 Å². The van der Waals surface area contributed by atoms with Crippen LogP contribution in [-0.4, -0.2) is 38.3 Å². The Morgan fingerprint density at radius 1 is 1.16 bits per heavy atom. The molecule has 2 aromatic carbocycles. The van der Waals surface area contributed by atoms with Crippen LogP contribution in [0.15, 0.2) is 49.1 Å². The maximum Gasteiger partial charge on any atom is 0.333 e. The van der Waals surface area contributed by atoms with Gasteiger partial charge in [-0.3, -0.25) is 4.79 Å². The van der Waals surface area contributed by atoms with Crippen molar-refractivity contribution in [1.82, 2.24) is 15.0 Å². The van der Waals surface area contributed by atoms with Crippen molar-refractivity contribution in [2.45, 2.75) is 52.2 Å². The quantitative estimate of drug-likeness (QED) is 0.351. The van der Waals surface area contributed by atoms with Gasteiger partial charge in [0.25, 0.3) is 0 Å². The molecule has 2 atom stereocenters. The Morgan fingerprint density at radius 3 is 2.50 bits per heavy atom. The second kappa shape index (κ2) is 8.82. The number of rotatable bonds is 6. The highest BCUT2D eigenvalue weighted by atomic mass is 16.7. The number of aromatic nitrogens is 3. The monoisotopic (exact) mass is 437 g/mol. The summed E-state index contributed by atoms with van der Waals surface area (Å²) < 4.78 is 11.7. The molecule has 1 N–H and O–H groups in total. The number of carbonyl (C=O) groups is 2. The van der Waals surface area contributed by atoms with Gasteiger partial charge in [-0.1, -0.05) is 50.8 Å². The van der Waals surface area contributed by atoms with Crippen molar-refractivity contribution in [1.29, 1.82) is 0 Å². The zero-order valence-corrected chi connectivity index (χ0v) is 18.8. The minimum absolute atomic E-state index is 0.0609. The van der Waals surface area contributed by atoms with Crippen LogP contribution in [0.3, 0.4) is 0 Å². The van der Waals surface area contributed by atoms with Crippen LogP contribution >= 0.6 is 0 Å². The predicted molar refractivity (Wildman–Crippen MR) is 119 cm³/mol. The minimum Gasteiger partial charge on any atom is -0.505 e. The van der Waals surface area contributed by atoms with Gasteiger partial charge in [0.05, 0.1) is 11.4 Å². The van der Waals surface area contributed by atoms with E-state index in [9.17, 15) is 14.7 Å². The molecule has 8 nitrogen and oxygen atoms in total. The van der Waals surface area contributed by atoms with E-state index in [0.717, 1.165) is 11.6 Å². The summed E-state index contributed by atoms with van der Waals surface area (Å²) >= 11 is 0. The number of para-hydroxylation sites is 1. The number of esters is 2. The van der Waals surface area contributed by atoms with Gasteiger partial charge < -0.3 is 14.6 Å². The van der Waals surface area contributed by atoms with E-state index in [1.807, 2.05) is 45.0 Å². The highest BCUT2D eigenvalue weighted by Gasteiger charge is 2.28. The van der Waals surface area contributed by atoms with E-state index in [2.05, 4.69) is 16.9 Å². The Balaban J connectivity index is 2.05. The zero-order chi connectivity index (χ0) is 23.6. The molecule has 0 aliphatic carbocycles. The van der Waals surface area contributed by atoms with E-state index < -0.39 is 29.6 Å². The molecule has 3 rings (SSSR count). The Bertz CT molecular complexity index is 1180. The van der Waals surface area contributed by atoms with E-state index in [-0.39, 0.29) is 5.75 Å². The molecule has 0 aliphatic heterocycles. The number of fused-ring (bicyclic) bond motifs is 1. The lowest BCUT2D eigenvalue weighted by Crippen LogP contribution is -2.24. The van der Waals surface area contributed by atoms with Gasteiger partial charge in [0, 0.05) is 18.6 Å². The van der Waals surface area contributed by atoms with Crippen LogP contribution in [-0.2, 0) is 24.5 Å². The SMILES string of the molecule is C=CC(=O)OC(C)OC(=O)C(C)c1cc(-n2nnc3ccccc32)c(O)c(C(C)(C)C)c1. The van der Waals surface area contributed by atoms with Crippen molar-refractivity contribution in [3.63, 3.8) is 0 Å².